The van der Waals surface area contributed by atoms with Crippen LogP contribution in [0.5, 0.6) is 0 Å². The van der Waals surface area contributed by atoms with Gasteiger partial charge in [0.25, 0.3) is 0 Å². The van der Waals surface area contributed by atoms with E-state index in [1.54, 1.807) is 0 Å². The quantitative estimate of drug-likeness (QED) is 0.419. The van der Waals surface area contributed by atoms with Gasteiger partial charge in [-0.2, -0.15) is 0 Å². The summed E-state index contributed by atoms with van der Waals surface area (Å²) in [6, 6.07) is 0. The van der Waals surface area contributed by atoms with Crippen LogP contribution >= 0.6 is 0 Å². The molecule has 3 fully saturated rings. The van der Waals surface area contributed by atoms with Gasteiger partial charge in [0, 0.05) is 0 Å². The van der Waals surface area contributed by atoms with Gasteiger partial charge in [-0.3, -0.25) is 4.79 Å². The Bertz CT molecular complexity index is 403. The maximum Gasteiger partial charge on any atom is 0.313 e. The average Bonchev–Trinajstić information content (AvgIpc) is 3.15. The Labute approximate surface area is 128 Å². The summed E-state index contributed by atoms with van der Waals surface area (Å²) < 4.78 is 11.2. The van der Waals surface area contributed by atoms with E-state index in [4.69, 9.17) is 9.47 Å². The van der Waals surface area contributed by atoms with E-state index < -0.39 is 5.41 Å². The van der Waals surface area contributed by atoms with Crippen molar-refractivity contribution in [2.45, 2.75) is 65.7 Å². The molecule has 3 aliphatic rings. The minimum absolute atomic E-state index is 0.133. The maximum absolute atomic E-state index is 11.9. The van der Waals surface area contributed by atoms with Gasteiger partial charge < -0.3 is 9.47 Å². The van der Waals surface area contributed by atoms with Crippen LogP contribution in [-0.4, -0.2) is 19.4 Å². The maximum atomic E-state index is 11.9. The third-order valence-corrected chi connectivity index (χ3v) is 6.83. The van der Waals surface area contributed by atoms with Crippen LogP contribution < -0.4 is 0 Å². The van der Waals surface area contributed by atoms with E-state index in [1.165, 1.54) is 38.5 Å². The molecule has 3 heteroatoms. The minimum atomic E-state index is -0.399. The van der Waals surface area contributed by atoms with Crippen molar-refractivity contribution in [3.63, 3.8) is 0 Å². The van der Waals surface area contributed by atoms with Crippen LogP contribution in [0.25, 0.3) is 0 Å². The van der Waals surface area contributed by atoms with Gasteiger partial charge in [0.2, 0.25) is 0 Å². The lowest BCUT2D eigenvalue weighted by molar-refractivity contribution is -0.171. The highest BCUT2D eigenvalue weighted by Gasteiger charge is 2.59. The molecule has 3 rings (SSSR count). The van der Waals surface area contributed by atoms with E-state index >= 15 is 0 Å². The van der Waals surface area contributed by atoms with Crippen molar-refractivity contribution >= 4 is 5.97 Å². The van der Waals surface area contributed by atoms with Crippen molar-refractivity contribution in [1.29, 1.82) is 0 Å². The highest BCUT2D eigenvalue weighted by atomic mass is 16.7. The fourth-order valence-corrected chi connectivity index (χ4v) is 5.20. The molecule has 0 spiro atoms. The summed E-state index contributed by atoms with van der Waals surface area (Å²) in [6.07, 6.45) is 9.15. The molecule has 0 aromatic heterocycles. The topological polar surface area (TPSA) is 35.5 Å². The SMILES string of the molecule is CCC(C)(C)C(=O)OCOCC12CCCC1C1CCC2C1. The lowest BCUT2D eigenvalue weighted by Gasteiger charge is -2.39. The number of fused-ring (bicyclic) bond motifs is 5. The van der Waals surface area contributed by atoms with Crippen molar-refractivity contribution in [2.75, 3.05) is 13.4 Å². The van der Waals surface area contributed by atoms with Gasteiger partial charge in [0.15, 0.2) is 6.79 Å². The molecule has 3 nitrogen and oxygen atoms in total. The van der Waals surface area contributed by atoms with Gasteiger partial charge in [0.1, 0.15) is 0 Å². The number of esters is 1. The first-order valence-corrected chi connectivity index (χ1v) is 8.74. The van der Waals surface area contributed by atoms with E-state index in [1.807, 2.05) is 20.8 Å². The Hall–Kier alpha value is -0.570. The highest BCUT2D eigenvalue weighted by molar-refractivity contribution is 5.75. The molecule has 0 aromatic carbocycles. The number of carbonyl (C=O) groups excluding carboxylic acids is 1. The largest absolute Gasteiger partial charge is 0.438 e. The van der Waals surface area contributed by atoms with E-state index in [-0.39, 0.29) is 12.8 Å². The number of carbonyl (C=O) groups is 1. The number of rotatable bonds is 6. The van der Waals surface area contributed by atoms with Crippen LogP contribution in [-0.2, 0) is 14.3 Å². The smallest absolute Gasteiger partial charge is 0.313 e. The predicted molar refractivity (Wildman–Crippen MR) is 81.6 cm³/mol. The Balaban J connectivity index is 1.49. The first-order valence-electron chi connectivity index (χ1n) is 8.74. The lowest BCUT2D eigenvalue weighted by atomic mass is 9.68. The second-order valence-corrected chi connectivity index (χ2v) is 8.14. The first-order chi connectivity index (χ1) is 9.99. The molecule has 0 aliphatic heterocycles. The van der Waals surface area contributed by atoms with Crippen LogP contribution in [0.4, 0.5) is 0 Å². The van der Waals surface area contributed by atoms with E-state index in [0.717, 1.165) is 30.8 Å². The molecule has 0 saturated heterocycles. The summed E-state index contributed by atoms with van der Waals surface area (Å²) in [6.45, 7) is 6.81. The Kier molecular flexibility index (Phi) is 4.06. The zero-order chi connectivity index (χ0) is 15.1. The summed E-state index contributed by atoms with van der Waals surface area (Å²) >= 11 is 0. The van der Waals surface area contributed by atoms with Crippen molar-refractivity contribution in [1.82, 2.24) is 0 Å². The lowest BCUT2D eigenvalue weighted by Crippen LogP contribution is -2.37. The fraction of sp³-hybridized carbons (Fsp3) is 0.944. The van der Waals surface area contributed by atoms with E-state index in [2.05, 4.69) is 0 Å². The van der Waals surface area contributed by atoms with E-state index in [0.29, 0.717) is 5.41 Å². The van der Waals surface area contributed by atoms with Crippen LogP contribution in [0.3, 0.4) is 0 Å². The molecule has 120 valence electrons. The molecule has 2 bridgehead atoms. The molecule has 0 aromatic rings. The van der Waals surface area contributed by atoms with Crippen LogP contribution in [0.1, 0.15) is 65.7 Å². The van der Waals surface area contributed by atoms with Gasteiger partial charge >= 0.3 is 5.97 Å². The van der Waals surface area contributed by atoms with Crippen molar-refractivity contribution in [2.24, 2.45) is 28.6 Å². The number of hydrogen-bond acceptors (Lipinski definition) is 3. The monoisotopic (exact) mass is 294 g/mol. The Morgan fingerprint density at radius 2 is 2.10 bits per heavy atom. The van der Waals surface area contributed by atoms with Gasteiger partial charge in [-0.15, -0.1) is 0 Å². The average molecular weight is 294 g/mol. The van der Waals surface area contributed by atoms with Gasteiger partial charge in [-0.05, 0) is 75.5 Å². The second-order valence-electron chi connectivity index (χ2n) is 8.14. The summed E-state index contributed by atoms with van der Waals surface area (Å²) in [5, 5.41) is 0. The zero-order valence-corrected chi connectivity index (χ0v) is 13.8. The van der Waals surface area contributed by atoms with Crippen molar-refractivity contribution in [3.05, 3.63) is 0 Å². The van der Waals surface area contributed by atoms with Crippen molar-refractivity contribution < 1.29 is 14.3 Å². The molecule has 3 aliphatic carbocycles. The molecule has 0 amide bonds. The summed E-state index contributed by atoms with van der Waals surface area (Å²) in [7, 11) is 0. The Morgan fingerprint density at radius 3 is 2.86 bits per heavy atom. The summed E-state index contributed by atoms with van der Waals surface area (Å²) in [5.41, 5.74) is 0.0273. The molecular formula is C18H30O3. The fourth-order valence-electron chi connectivity index (χ4n) is 5.20. The van der Waals surface area contributed by atoms with Gasteiger partial charge in [-0.1, -0.05) is 13.3 Å². The minimum Gasteiger partial charge on any atom is -0.438 e. The van der Waals surface area contributed by atoms with E-state index in [9.17, 15) is 4.79 Å². The second kappa shape index (κ2) is 5.57. The summed E-state index contributed by atoms with van der Waals surface area (Å²) in [4.78, 5) is 11.9. The number of ether oxygens (including phenoxy) is 2. The first kappa shape index (κ1) is 15.3. The Morgan fingerprint density at radius 1 is 1.29 bits per heavy atom. The zero-order valence-electron chi connectivity index (χ0n) is 13.8. The van der Waals surface area contributed by atoms with Crippen LogP contribution in [0.15, 0.2) is 0 Å². The molecule has 0 heterocycles. The molecule has 4 unspecified atom stereocenters. The standard InChI is InChI=1S/C18H30O3/c1-4-17(2,3)16(19)21-12-20-11-18-9-5-6-15(18)13-7-8-14(18)10-13/h13-15H,4-12H2,1-3H3. The molecule has 3 saturated carbocycles. The molecule has 0 radical (unpaired) electrons. The van der Waals surface area contributed by atoms with Gasteiger partial charge in [-0.25, -0.2) is 0 Å². The van der Waals surface area contributed by atoms with Gasteiger partial charge in [0.05, 0.1) is 12.0 Å². The number of hydrogen-bond donors (Lipinski definition) is 0. The molecular weight excluding hydrogens is 264 g/mol. The van der Waals surface area contributed by atoms with Crippen LogP contribution in [0.2, 0.25) is 0 Å². The highest BCUT2D eigenvalue weighted by Crippen LogP contribution is 2.66. The van der Waals surface area contributed by atoms with Crippen molar-refractivity contribution in [3.8, 4) is 0 Å². The molecule has 21 heavy (non-hydrogen) atoms. The van der Waals surface area contributed by atoms with Crippen LogP contribution in [0, 0.1) is 28.6 Å². The predicted octanol–water partition coefficient (Wildman–Crippen LogP) is 4.16. The third kappa shape index (κ3) is 2.52. The molecule has 4 atom stereocenters. The molecule has 0 N–H and O–H groups in total. The third-order valence-electron chi connectivity index (χ3n) is 6.83. The normalized spacial score (nSPS) is 37.8. The summed E-state index contributed by atoms with van der Waals surface area (Å²) in [5.74, 6) is 2.58.